The fourth-order valence-electron chi connectivity index (χ4n) is 2.17. The van der Waals surface area contributed by atoms with Crippen LogP contribution in [0.1, 0.15) is 27.1 Å². The highest BCUT2D eigenvalue weighted by Crippen LogP contribution is 2.35. The van der Waals surface area contributed by atoms with Crippen LogP contribution in [-0.2, 0) is 0 Å². The summed E-state index contributed by atoms with van der Waals surface area (Å²) in [6.45, 7) is 4.31. The number of halogens is 1. The van der Waals surface area contributed by atoms with Crippen LogP contribution >= 0.6 is 15.9 Å². The highest BCUT2D eigenvalue weighted by molar-refractivity contribution is 9.09. The number of rotatable bonds is 3. The Morgan fingerprint density at radius 2 is 1.50 bits per heavy atom. The first-order valence-electron chi connectivity index (χ1n) is 5.97. The molecule has 2 heteroatoms. The Hall–Kier alpha value is -1.28. The highest BCUT2D eigenvalue weighted by atomic mass is 79.9. The minimum absolute atomic E-state index is 0.226. The third-order valence-electron chi connectivity index (χ3n) is 3.20. The Balaban J connectivity index is 2.38. The molecule has 94 valence electrons. The van der Waals surface area contributed by atoms with E-state index in [2.05, 4.69) is 60.1 Å². The van der Waals surface area contributed by atoms with Gasteiger partial charge >= 0.3 is 0 Å². The lowest BCUT2D eigenvalue weighted by Gasteiger charge is -2.16. The van der Waals surface area contributed by atoms with Gasteiger partial charge in [-0.05, 0) is 48.2 Å². The van der Waals surface area contributed by atoms with Crippen LogP contribution in [0.2, 0.25) is 0 Å². The maximum atomic E-state index is 5.19. The summed E-state index contributed by atoms with van der Waals surface area (Å²) in [5, 5.41) is 0. The normalized spacial score (nSPS) is 12.2. The molecular weight excluding hydrogens is 288 g/mol. The van der Waals surface area contributed by atoms with Gasteiger partial charge < -0.3 is 4.74 Å². The van der Waals surface area contributed by atoms with Crippen molar-refractivity contribution in [3.8, 4) is 5.75 Å². The second kappa shape index (κ2) is 5.57. The van der Waals surface area contributed by atoms with Gasteiger partial charge in [0.2, 0.25) is 0 Å². The van der Waals surface area contributed by atoms with Gasteiger partial charge in [0, 0.05) is 0 Å². The van der Waals surface area contributed by atoms with Gasteiger partial charge in [-0.2, -0.15) is 0 Å². The van der Waals surface area contributed by atoms with E-state index in [1.165, 1.54) is 22.3 Å². The monoisotopic (exact) mass is 304 g/mol. The van der Waals surface area contributed by atoms with Gasteiger partial charge in [0.05, 0.1) is 11.9 Å². The van der Waals surface area contributed by atoms with E-state index >= 15 is 0 Å². The average molecular weight is 305 g/mol. The summed E-state index contributed by atoms with van der Waals surface area (Å²) in [5.74, 6) is 0.889. The molecule has 1 unspecified atom stereocenters. The molecule has 0 saturated carbocycles. The van der Waals surface area contributed by atoms with E-state index in [9.17, 15) is 0 Å². The smallest absolute Gasteiger partial charge is 0.118 e. The van der Waals surface area contributed by atoms with E-state index in [4.69, 9.17) is 4.74 Å². The molecule has 18 heavy (non-hydrogen) atoms. The quantitative estimate of drug-likeness (QED) is 0.740. The summed E-state index contributed by atoms with van der Waals surface area (Å²) in [6.07, 6.45) is 0. The second-order valence-electron chi connectivity index (χ2n) is 4.44. The van der Waals surface area contributed by atoms with Crippen molar-refractivity contribution in [3.63, 3.8) is 0 Å². The average Bonchev–Trinajstić information content (AvgIpc) is 2.38. The molecule has 0 aliphatic rings. The van der Waals surface area contributed by atoms with Gasteiger partial charge in [0.15, 0.2) is 0 Å². The maximum Gasteiger partial charge on any atom is 0.118 e. The van der Waals surface area contributed by atoms with E-state index in [-0.39, 0.29) is 4.83 Å². The lowest BCUT2D eigenvalue weighted by Crippen LogP contribution is -1.99. The molecule has 0 aliphatic heterocycles. The molecule has 0 heterocycles. The molecule has 0 N–H and O–H groups in total. The molecule has 2 aromatic carbocycles. The van der Waals surface area contributed by atoms with Gasteiger partial charge in [-0.25, -0.2) is 0 Å². The Bertz CT molecular complexity index is 511. The van der Waals surface area contributed by atoms with Crippen molar-refractivity contribution in [2.75, 3.05) is 7.11 Å². The summed E-state index contributed by atoms with van der Waals surface area (Å²) < 4.78 is 5.19. The second-order valence-corrected chi connectivity index (χ2v) is 5.36. The van der Waals surface area contributed by atoms with Crippen molar-refractivity contribution in [3.05, 3.63) is 64.7 Å². The van der Waals surface area contributed by atoms with Crippen LogP contribution < -0.4 is 4.74 Å². The van der Waals surface area contributed by atoms with Crippen LogP contribution in [0.4, 0.5) is 0 Å². The lowest BCUT2D eigenvalue weighted by molar-refractivity contribution is 0.414. The molecule has 0 amide bonds. The minimum atomic E-state index is 0.226. The molecule has 1 atom stereocenters. The Labute approximate surface area is 117 Å². The van der Waals surface area contributed by atoms with E-state index in [1.807, 2.05) is 12.1 Å². The first-order chi connectivity index (χ1) is 8.63. The van der Waals surface area contributed by atoms with Crippen LogP contribution in [0, 0.1) is 13.8 Å². The Morgan fingerprint density at radius 1 is 0.944 bits per heavy atom. The molecule has 0 bridgehead atoms. The van der Waals surface area contributed by atoms with E-state index in [0.717, 1.165) is 5.75 Å². The number of benzene rings is 2. The molecule has 0 aromatic heterocycles. The number of ether oxygens (including phenoxy) is 1. The molecule has 2 aromatic rings. The largest absolute Gasteiger partial charge is 0.497 e. The van der Waals surface area contributed by atoms with Gasteiger partial charge in [-0.1, -0.05) is 46.3 Å². The van der Waals surface area contributed by atoms with Crippen LogP contribution in [0.3, 0.4) is 0 Å². The summed E-state index contributed by atoms with van der Waals surface area (Å²) >= 11 is 3.80. The maximum absolute atomic E-state index is 5.19. The molecule has 1 nitrogen and oxygen atoms in total. The third-order valence-corrected chi connectivity index (χ3v) is 4.19. The van der Waals surface area contributed by atoms with Crippen molar-refractivity contribution < 1.29 is 4.74 Å². The fourth-order valence-corrected chi connectivity index (χ4v) is 3.19. The molecule has 0 radical (unpaired) electrons. The number of alkyl halides is 1. The molecular formula is C16H17BrO. The van der Waals surface area contributed by atoms with Crippen molar-refractivity contribution in [1.29, 1.82) is 0 Å². The zero-order valence-electron chi connectivity index (χ0n) is 10.9. The number of hydrogen-bond donors (Lipinski definition) is 0. The number of methoxy groups -OCH3 is 1. The first kappa shape index (κ1) is 13.2. The third kappa shape index (κ3) is 2.59. The van der Waals surface area contributed by atoms with Crippen LogP contribution in [0.5, 0.6) is 5.75 Å². The van der Waals surface area contributed by atoms with Gasteiger partial charge in [0.25, 0.3) is 0 Å². The van der Waals surface area contributed by atoms with Gasteiger partial charge in [0.1, 0.15) is 5.75 Å². The van der Waals surface area contributed by atoms with E-state index < -0.39 is 0 Å². The van der Waals surface area contributed by atoms with Crippen LogP contribution in [-0.4, -0.2) is 7.11 Å². The highest BCUT2D eigenvalue weighted by Gasteiger charge is 2.14. The number of aryl methyl sites for hydroxylation is 2. The van der Waals surface area contributed by atoms with Crippen molar-refractivity contribution in [1.82, 2.24) is 0 Å². The molecule has 0 spiro atoms. The fraction of sp³-hybridized carbons (Fsp3) is 0.250. The van der Waals surface area contributed by atoms with Crippen LogP contribution in [0.25, 0.3) is 0 Å². The van der Waals surface area contributed by atoms with Crippen molar-refractivity contribution in [2.45, 2.75) is 18.7 Å². The predicted molar refractivity (Wildman–Crippen MR) is 79.7 cm³/mol. The van der Waals surface area contributed by atoms with E-state index in [0.29, 0.717) is 0 Å². The molecule has 0 saturated heterocycles. The van der Waals surface area contributed by atoms with E-state index in [1.54, 1.807) is 7.11 Å². The zero-order valence-corrected chi connectivity index (χ0v) is 12.5. The summed E-state index contributed by atoms with van der Waals surface area (Å²) in [5.41, 5.74) is 5.22. The SMILES string of the molecule is COc1ccc(C(Br)c2c(C)cccc2C)cc1. The molecule has 0 aliphatic carbocycles. The zero-order chi connectivity index (χ0) is 13.1. The van der Waals surface area contributed by atoms with Gasteiger partial charge in [-0.15, -0.1) is 0 Å². The Kier molecular flexibility index (Phi) is 4.07. The van der Waals surface area contributed by atoms with Crippen molar-refractivity contribution >= 4 is 15.9 Å². The predicted octanol–water partition coefficient (Wildman–Crippen LogP) is 4.80. The first-order valence-corrected chi connectivity index (χ1v) is 6.89. The number of hydrogen-bond acceptors (Lipinski definition) is 1. The standard InChI is InChI=1S/C16H17BrO/c1-11-5-4-6-12(2)15(11)16(17)13-7-9-14(18-3)10-8-13/h4-10,16H,1-3H3. The summed E-state index contributed by atoms with van der Waals surface area (Å²) in [7, 11) is 1.69. The molecule has 0 fully saturated rings. The lowest BCUT2D eigenvalue weighted by atomic mass is 9.96. The van der Waals surface area contributed by atoms with Gasteiger partial charge in [-0.3, -0.25) is 0 Å². The van der Waals surface area contributed by atoms with Crippen molar-refractivity contribution in [2.24, 2.45) is 0 Å². The summed E-state index contributed by atoms with van der Waals surface area (Å²) in [6, 6.07) is 14.6. The van der Waals surface area contributed by atoms with Crippen LogP contribution in [0.15, 0.2) is 42.5 Å². The minimum Gasteiger partial charge on any atom is -0.497 e. The topological polar surface area (TPSA) is 9.23 Å². The summed E-state index contributed by atoms with van der Waals surface area (Å²) in [4.78, 5) is 0.226. The Morgan fingerprint density at radius 3 is 2.00 bits per heavy atom. The molecule has 2 rings (SSSR count).